The lowest BCUT2D eigenvalue weighted by molar-refractivity contribution is 0.527. The summed E-state index contributed by atoms with van der Waals surface area (Å²) < 4.78 is 4.05. The van der Waals surface area contributed by atoms with E-state index in [-0.39, 0.29) is 6.04 Å². The van der Waals surface area contributed by atoms with E-state index in [0.29, 0.717) is 0 Å². The summed E-state index contributed by atoms with van der Waals surface area (Å²) >= 11 is 13.4. The first-order chi connectivity index (χ1) is 10.1. The van der Waals surface area contributed by atoms with E-state index in [0.717, 1.165) is 44.7 Å². The molecule has 0 saturated carbocycles. The zero-order valence-electron chi connectivity index (χ0n) is 12.0. The Morgan fingerprint density at radius 3 is 2.71 bits per heavy atom. The summed E-state index contributed by atoms with van der Waals surface area (Å²) in [6, 6.07) is 5.91. The second kappa shape index (κ2) is 7.77. The lowest BCUT2D eigenvalue weighted by atomic mass is 10.0. The second-order valence-electron chi connectivity index (χ2n) is 4.75. The van der Waals surface area contributed by atoms with Gasteiger partial charge in [-0.15, -0.1) is 0 Å². The molecule has 6 heteroatoms. The van der Waals surface area contributed by atoms with Gasteiger partial charge in [-0.05, 0) is 59.6 Å². The van der Waals surface area contributed by atoms with Crippen LogP contribution in [0.25, 0.3) is 0 Å². The summed E-state index contributed by atoms with van der Waals surface area (Å²) in [5.41, 5.74) is 2.24. The summed E-state index contributed by atoms with van der Waals surface area (Å²) in [4.78, 5) is 0. The molecular weight excluding hydrogens is 417 g/mol. The fourth-order valence-corrected chi connectivity index (χ4v) is 3.47. The molecule has 0 spiro atoms. The van der Waals surface area contributed by atoms with Gasteiger partial charge in [0.15, 0.2) is 0 Å². The Bertz CT molecular complexity index is 613. The highest BCUT2D eigenvalue weighted by Gasteiger charge is 2.23. The smallest absolute Gasteiger partial charge is 0.0771 e. The highest BCUT2D eigenvalue weighted by molar-refractivity contribution is 9.10. The molecule has 0 aliphatic rings. The van der Waals surface area contributed by atoms with Gasteiger partial charge >= 0.3 is 0 Å². The fraction of sp³-hybridized carbons (Fsp3) is 0.400. The van der Waals surface area contributed by atoms with Crippen molar-refractivity contribution < 1.29 is 0 Å². The molecule has 2 aromatic rings. The number of rotatable bonds is 6. The van der Waals surface area contributed by atoms with E-state index in [1.807, 2.05) is 29.1 Å². The van der Waals surface area contributed by atoms with Crippen LogP contribution in [0.1, 0.15) is 37.6 Å². The maximum Gasteiger partial charge on any atom is 0.0771 e. The molecule has 0 fully saturated rings. The summed E-state index contributed by atoms with van der Waals surface area (Å²) in [5.74, 6) is 0. The Hall–Kier alpha value is -0.360. The van der Waals surface area contributed by atoms with Gasteiger partial charge in [-0.25, -0.2) is 0 Å². The summed E-state index contributed by atoms with van der Waals surface area (Å²) in [6.07, 6.45) is 2.91. The number of nitrogens with zero attached hydrogens (tertiary/aromatic N) is 2. The van der Waals surface area contributed by atoms with Crippen molar-refractivity contribution in [1.82, 2.24) is 15.1 Å². The van der Waals surface area contributed by atoms with Gasteiger partial charge in [0, 0.05) is 16.0 Å². The molecular formula is C15H18Br2ClN3. The Morgan fingerprint density at radius 1 is 1.29 bits per heavy atom. The number of halogens is 3. The molecule has 21 heavy (non-hydrogen) atoms. The molecule has 3 nitrogen and oxygen atoms in total. The van der Waals surface area contributed by atoms with Crippen molar-refractivity contribution in [3.8, 4) is 0 Å². The van der Waals surface area contributed by atoms with E-state index in [1.54, 1.807) is 0 Å². The average molecular weight is 436 g/mol. The zero-order valence-corrected chi connectivity index (χ0v) is 16.0. The third kappa shape index (κ3) is 3.89. The zero-order chi connectivity index (χ0) is 15.4. The van der Waals surface area contributed by atoms with Crippen LogP contribution < -0.4 is 5.32 Å². The summed E-state index contributed by atoms with van der Waals surface area (Å²) in [7, 11) is 0. The number of benzene rings is 1. The van der Waals surface area contributed by atoms with Crippen LogP contribution in [-0.4, -0.2) is 16.3 Å². The molecule has 0 saturated heterocycles. The van der Waals surface area contributed by atoms with Crippen LogP contribution in [0.3, 0.4) is 0 Å². The predicted molar refractivity (Wildman–Crippen MR) is 94.9 cm³/mol. The minimum Gasteiger partial charge on any atom is -0.305 e. The molecule has 2 rings (SSSR count). The second-order valence-corrected chi connectivity index (χ2v) is 6.89. The van der Waals surface area contributed by atoms with Gasteiger partial charge in [-0.3, -0.25) is 4.68 Å². The first-order valence-corrected chi connectivity index (χ1v) is 8.94. The fourth-order valence-electron chi connectivity index (χ4n) is 2.29. The molecule has 0 bridgehead atoms. The van der Waals surface area contributed by atoms with Gasteiger partial charge in [0.2, 0.25) is 0 Å². The number of nitrogens with one attached hydrogen (secondary N) is 1. The molecule has 1 heterocycles. The van der Waals surface area contributed by atoms with E-state index in [9.17, 15) is 0 Å². The van der Waals surface area contributed by atoms with Crippen molar-refractivity contribution in [2.45, 2.75) is 32.9 Å². The molecule has 0 aliphatic heterocycles. The highest BCUT2D eigenvalue weighted by atomic mass is 79.9. The third-order valence-electron chi connectivity index (χ3n) is 3.27. The lowest BCUT2D eigenvalue weighted by Gasteiger charge is -2.22. The Morgan fingerprint density at radius 2 is 2.05 bits per heavy atom. The molecule has 1 aromatic heterocycles. The molecule has 1 N–H and O–H groups in total. The van der Waals surface area contributed by atoms with Crippen molar-refractivity contribution in [1.29, 1.82) is 0 Å². The Balaban J connectivity index is 2.52. The topological polar surface area (TPSA) is 29.9 Å². The van der Waals surface area contributed by atoms with Crippen LogP contribution in [0.15, 0.2) is 33.3 Å². The largest absolute Gasteiger partial charge is 0.305 e. The van der Waals surface area contributed by atoms with Crippen molar-refractivity contribution in [3.63, 3.8) is 0 Å². The predicted octanol–water partition coefficient (Wildman–Crippen LogP) is 5.17. The van der Waals surface area contributed by atoms with Crippen LogP contribution in [-0.2, 0) is 6.54 Å². The van der Waals surface area contributed by atoms with E-state index < -0.39 is 0 Å². The van der Waals surface area contributed by atoms with Crippen LogP contribution in [0, 0.1) is 0 Å². The Labute approximate surface area is 147 Å². The number of hydrogen-bond donors (Lipinski definition) is 1. The molecule has 0 amide bonds. The van der Waals surface area contributed by atoms with Gasteiger partial charge in [-0.2, -0.15) is 5.10 Å². The molecule has 0 radical (unpaired) electrons. The van der Waals surface area contributed by atoms with Crippen molar-refractivity contribution in [2.24, 2.45) is 0 Å². The molecule has 1 aromatic carbocycles. The van der Waals surface area contributed by atoms with Crippen molar-refractivity contribution >= 4 is 43.5 Å². The number of hydrogen-bond acceptors (Lipinski definition) is 2. The standard InChI is InChI=1S/C15H18Br2ClN3/c1-3-7-19-14(11-8-10(18)5-6-12(11)16)15-13(17)9-20-21(15)4-2/h5-6,8-9,14,19H,3-4,7H2,1-2H3. The maximum atomic E-state index is 6.19. The van der Waals surface area contributed by atoms with Crippen molar-refractivity contribution in [3.05, 3.63) is 49.6 Å². The molecule has 114 valence electrons. The normalized spacial score (nSPS) is 12.6. The van der Waals surface area contributed by atoms with Gasteiger partial charge in [0.05, 0.1) is 22.4 Å². The SMILES string of the molecule is CCCNC(c1cc(Cl)ccc1Br)c1c(Br)cnn1CC. The number of aryl methyl sites for hydroxylation is 1. The summed E-state index contributed by atoms with van der Waals surface area (Å²) in [6.45, 7) is 5.99. The number of aromatic nitrogens is 2. The van der Waals surface area contributed by atoms with Crippen LogP contribution >= 0.6 is 43.5 Å². The maximum absolute atomic E-state index is 6.19. The first-order valence-electron chi connectivity index (χ1n) is 6.98. The average Bonchev–Trinajstić information content (AvgIpc) is 2.84. The monoisotopic (exact) mass is 433 g/mol. The highest BCUT2D eigenvalue weighted by Crippen LogP contribution is 2.34. The van der Waals surface area contributed by atoms with Crippen LogP contribution in [0.4, 0.5) is 0 Å². The first kappa shape index (κ1) is 17.0. The van der Waals surface area contributed by atoms with Gasteiger partial charge < -0.3 is 5.32 Å². The molecule has 0 aliphatic carbocycles. The minimum absolute atomic E-state index is 0.0369. The van der Waals surface area contributed by atoms with Gasteiger partial charge in [-0.1, -0.05) is 34.5 Å². The van der Waals surface area contributed by atoms with Gasteiger partial charge in [0.25, 0.3) is 0 Å². The van der Waals surface area contributed by atoms with E-state index in [1.165, 1.54) is 0 Å². The van der Waals surface area contributed by atoms with Gasteiger partial charge in [0.1, 0.15) is 0 Å². The molecule has 1 unspecified atom stereocenters. The third-order valence-corrected chi connectivity index (χ3v) is 4.84. The van der Waals surface area contributed by atoms with E-state index in [4.69, 9.17) is 11.6 Å². The van der Waals surface area contributed by atoms with Crippen LogP contribution in [0.2, 0.25) is 5.02 Å². The van der Waals surface area contributed by atoms with Crippen LogP contribution in [0.5, 0.6) is 0 Å². The Kier molecular flexibility index (Phi) is 6.29. The van der Waals surface area contributed by atoms with E-state index in [2.05, 4.69) is 56.1 Å². The lowest BCUT2D eigenvalue weighted by Crippen LogP contribution is -2.26. The van der Waals surface area contributed by atoms with E-state index >= 15 is 0 Å². The molecule has 1 atom stereocenters. The van der Waals surface area contributed by atoms with Crippen molar-refractivity contribution in [2.75, 3.05) is 6.54 Å². The minimum atomic E-state index is 0.0369. The summed E-state index contributed by atoms with van der Waals surface area (Å²) in [5, 5.41) is 8.75. The quantitative estimate of drug-likeness (QED) is 0.678.